The maximum absolute atomic E-state index is 12.4. The van der Waals surface area contributed by atoms with Crippen LogP contribution < -0.4 is 5.32 Å². The van der Waals surface area contributed by atoms with Gasteiger partial charge < -0.3 is 15.0 Å². The van der Waals surface area contributed by atoms with Gasteiger partial charge in [-0.1, -0.05) is 6.92 Å². The molecule has 104 valence electrons. The molecule has 0 aromatic carbocycles. The van der Waals surface area contributed by atoms with Crippen molar-refractivity contribution >= 4 is 5.91 Å². The summed E-state index contributed by atoms with van der Waals surface area (Å²) < 4.78 is 5.19. The summed E-state index contributed by atoms with van der Waals surface area (Å²) in [6.45, 7) is 4.84. The summed E-state index contributed by atoms with van der Waals surface area (Å²) in [6, 6.07) is 1.66. The van der Waals surface area contributed by atoms with Crippen LogP contribution in [0.5, 0.6) is 0 Å². The Labute approximate surface area is 110 Å². The van der Waals surface area contributed by atoms with Crippen LogP contribution in [0.4, 0.5) is 0 Å². The number of piperidine rings is 1. The van der Waals surface area contributed by atoms with Gasteiger partial charge in [-0.25, -0.2) is 0 Å². The molecule has 2 aliphatic rings. The van der Waals surface area contributed by atoms with Crippen LogP contribution in [0.1, 0.15) is 46.0 Å². The Morgan fingerprint density at radius 1 is 1.39 bits per heavy atom. The Bertz CT molecular complexity index is 284. The molecule has 0 radical (unpaired) electrons. The highest BCUT2D eigenvalue weighted by Crippen LogP contribution is 2.30. The lowest BCUT2D eigenvalue weighted by Gasteiger charge is -2.38. The number of nitrogens with one attached hydrogen (secondary N) is 1. The van der Waals surface area contributed by atoms with E-state index in [0.29, 0.717) is 18.1 Å². The van der Waals surface area contributed by atoms with Crippen molar-refractivity contribution in [1.82, 2.24) is 10.2 Å². The number of nitrogens with zero attached hydrogens (tertiary/aromatic N) is 1. The number of ether oxygens (including phenoxy) is 1. The summed E-state index contributed by atoms with van der Waals surface area (Å²) in [6.07, 6.45) is 5.47. The van der Waals surface area contributed by atoms with Crippen LogP contribution in [0, 0.1) is 0 Å². The van der Waals surface area contributed by atoms with Crippen LogP contribution in [0.3, 0.4) is 0 Å². The van der Waals surface area contributed by atoms with Crippen molar-refractivity contribution in [2.45, 2.75) is 70.2 Å². The second kappa shape index (κ2) is 6.02. The fraction of sp³-hybridized carbons (Fsp3) is 0.929. The summed E-state index contributed by atoms with van der Waals surface area (Å²) >= 11 is 0. The van der Waals surface area contributed by atoms with Gasteiger partial charge in [-0.3, -0.25) is 4.79 Å². The van der Waals surface area contributed by atoms with Crippen molar-refractivity contribution in [2.24, 2.45) is 0 Å². The summed E-state index contributed by atoms with van der Waals surface area (Å²) in [5, 5.41) is 3.63. The maximum atomic E-state index is 12.4. The first kappa shape index (κ1) is 13.8. The smallest absolute Gasteiger partial charge is 0.251 e. The van der Waals surface area contributed by atoms with Gasteiger partial charge in [0.1, 0.15) is 6.10 Å². The van der Waals surface area contributed by atoms with Crippen molar-refractivity contribution in [3.8, 4) is 0 Å². The summed E-state index contributed by atoms with van der Waals surface area (Å²) in [5.41, 5.74) is 0. The zero-order chi connectivity index (χ0) is 13.1. The first-order valence-electron chi connectivity index (χ1n) is 7.25. The quantitative estimate of drug-likeness (QED) is 0.809. The molecule has 3 unspecified atom stereocenters. The Morgan fingerprint density at radius 2 is 2.00 bits per heavy atom. The van der Waals surface area contributed by atoms with Crippen LogP contribution in [0.2, 0.25) is 0 Å². The summed E-state index contributed by atoms with van der Waals surface area (Å²) in [5.74, 6) is 0.158. The van der Waals surface area contributed by atoms with Crippen molar-refractivity contribution in [3.63, 3.8) is 0 Å². The molecule has 3 atom stereocenters. The van der Waals surface area contributed by atoms with Gasteiger partial charge in [-0.15, -0.1) is 0 Å². The monoisotopic (exact) mass is 254 g/mol. The van der Waals surface area contributed by atoms with Crippen molar-refractivity contribution in [3.05, 3.63) is 0 Å². The van der Waals surface area contributed by atoms with Crippen LogP contribution in [-0.4, -0.2) is 48.7 Å². The van der Waals surface area contributed by atoms with E-state index >= 15 is 0 Å². The average molecular weight is 254 g/mol. The Hall–Kier alpha value is -0.610. The van der Waals surface area contributed by atoms with Crippen LogP contribution in [-0.2, 0) is 9.53 Å². The van der Waals surface area contributed by atoms with E-state index in [9.17, 15) is 4.79 Å². The molecule has 0 spiro atoms. The predicted molar refractivity (Wildman–Crippen MR) is 71.4 cm³/mol. The van der Waals surface area contributed by atoms with E-state index in [0.717, 1.165) is 25.8 Å². The minimum atomic E-state index is -0.316. The first-order chi connectivity index (χ1) is 8.65. The second-order valence-corrected chi connectivity index (χ2v) is 5.67. The van der Waals surface area contributed by atoms with Gasteiger partial charge >= 0.3 is 0 Å². The molecule has 1 N–H and O–H groups in total. The molecule has 2 rings (SSSR count). The molecular weight excluding hydrogens is 228 g/mol. The highest BCUT2D eigenvalue weighted by Gasteiger charge is 2.38. The first-order valence-corrected chi connectivity index (χ1v) is 7.25. The number of methoxy groups -OCH3 is 1. The van der Waals surface area contributed by atoms with Gasteiger partial charge in [0.15, 0.2) is 0 Å². The Balaban J connectivity index is 2.02. The van der Waals surface area contributed by atoms with Crippen LogP contribution in [0.25, 0.3) is 0 Å². The largest absolute Gasteiger partial charge is 0.372 e. The maximum Gasteiger partial charge on any atom is 0.251 e. The van der Waals surface area contributed by atoms with Gasteiger partial charge in [-0.2, -0.15) is 0 Å². The lowest BCUT2D eigenvalue weighted by atomic mass is 9.97. The van der Waals surface area contributed by atoms with Gasteiger partial charge in [0.2, 0.25) is 0 Å². The third kappa shape index (κ3) is 2.86. The molecule has 0 aromatic rings. The van der Waals surface area contributed by atoms with E-state index in [1.807, 2.05) is 6.92 Å². The lowest BCUT2D eigenvalue weighted by Crippen LogP contribution is -2.52. The molecule has 4 heteroatoms. The molecule has 4 nitrogen and oxygen atoms in total. The van der Waals surface area contributed by atoms with E-state index in [1.54, 1.807) is 7.11 Å². The van der Waals surface area contributed by atoms with Crippen molar-refractivity contribution in [1.29, 1.82) is 0 Å². The van der Waals surface area contributed by atoms with E-state index in [2.05, 4.69) is 17.1 Å². The Kier molecular flexibility index (Phi) is 4.62. The number of rotatable bonds is 5. The highest BCUT2D eigenvalue weighted by atomic mass is 16.5. The zero-order valence-electron chi connectivity index (χ0n) is 11.8. The van der Waals surface area contributed by atoms with E-state index in [1.165, 1.54) is 12.8 Å². The molecule has 2 saturated heterocycles. The molecule has 0 aliphatic carbocycles. The van der Waals surface area contributed by atoms with E-state index < -0.39 is 0 Å². The number of hydrogen-bond donors (Lipinski definition) is 1. The summed E-state index contributed by atoms with van der Waals surface area (Å²) in [4.78, 5) is 14.4. The topological polar surface area (TPSA) is 41.6 Å². The van der Waals surface area contributed by atoms with Gasteiger partial charge in [0.25, 0.3) is 5.91 Å². The molecule has 0 aromatic heterocycles. The van der Waals surface area contributed by atoms with Gasteiger partial charge in [-0.05, 0) is 39.0 Å². The average Bonchev–Trinajstić information content (AvgIpc) is 2.73. The SMILES string of the molecule is CCCN(C(=O)C(C)OC)C1CC2CCC(C1)N2. The van der Waals surface area contributed by atoms with Crippen molar-refractivity contribution < 1.29 is 9.53 Å². The third-order valence-electron chi connectivity index (χ3n) is 4.34. The molecule has 2 fully saturated rings. The number of fused-ring (bicyclic) bond motifs is 2. The van der Waals surface area contributed by atoms with Crippen LogP contribution in [0.15, 0.2) is 0 Å². The van der Waals surface area contributed by atoms with Crippen LogP contribution >= 0.6 is 0 Å². The molecule has 18 heavy (non-hydrogen) atoms. The number of carbonyl (C=O) groups is 1. The number of carbonyl (C=O) groups excluding carboxylic acids is 1. The van der Waals surface area contributed by atoms with Gasteiger partial charge in [0.05, 0.1) is 0 Å². The molecule has 1 amide bonds. The third-order valence-corrected chi connectivity index (χ3v) is 4.34. The second-order valence-electron chi connectivity index (χ2n) is 5.67. The minimum absolute atomic E-state index is 0.158. The number of amides is 1. The summed E-state index contributed by atoms with van der Waals surface area (Å²) in [7, 11) is 1.61. The fourth-order valence-corrected chi connectivity index (χ4v) is 3.33. The number of hydrogen-bond acceptors (Lipinski definition) is 3. The minimum Gasteiger partial charge on any atom is -0.372 e. The normalized spacial score (nSPS) is 32.3. The molecule has 2 aliphatic heterocycles. The standard InChI is InChI=1S/C14H26N2O2/c1-4-7-16(14(17)10(2)18-3)13-8-11-5-6-12(9-13)15-11/h10-13,15H,4-9H2,1-3H3. The zero-order valence-corrected chi connectivity index (χ0v) is 11.8. The van der Waals surface area contributed by atoms with Gasteiger partial charge in [0, 0.05) is 31.8 Å². The lowest BCUT2D eigenvalue weighted by molar-refractivity contribution is -0.144. The molecular formula is C14H26N2O2. The Morgan fingerprint density at radius 3 is 2.50 bits per heavy atom. The molecule has 2 heterocycles. The highest BCUT2D eigenvalue weighted by molar-refractivity contribution is 5.80. The van der Waals surface area contributed by atoms with E-state index in [-0.39, 0.29) is 12.0 Å². The fourth-order valence-electron chi connectivity index (χ4n) is 3.33. The predicted octanol–water partition coefficient (Wildman–Crippen LogP) is 1.54. The molecule has 2 bridgehead atoms. The molecule has 0 saturated carbocycles. The van der Waals surface area contributed by atoms with E-state index in [4.69, 9.17) is 4.74 Å². The van der Waals surface area contributed by atoms with Crippen molar-refractivity contribution in [2.75, 3.05) is 13.7 Å².